The monoisotopic (exact) mass is 311 g/mol. The van der Waals surface area contributed by atoms with Crippen molar-refractivity contribution < 1.29 is 14.3 Å². The zero-order valence-corrected chi connectivity index (χ0v) is 13.5. The molecule has 0 N–H and O–H groups in total. The quantitative estimate of drug-likeness (QED) is 0.873. The largest absolute Gasteiger partial charge is 0.496 e. The molecule has 1 amide bonds. The van der Waals surface area contributed by atoms with Crippen LogP contribution in [0.2, 0.25) is 0 Å². The van der Waals surface area contributed by atoms with Crippen LogP contribution in [0.3, 0.4) is 0 Å². The van der Waals surface area contributed by atoms with Crippen molar-refractivity contribution in [2.75, 3.05) is 26.8 Å². The highest BCUT2D eigenvalue weighted by molar-refractivity contribution is 5.98. The van der Waals surface area contributed by atoms with Gasteiger partial charge in [0.2, 0.25) is 0 Å². The van der Waals surface area contributed by atoms with Crippen LogP contribution < -0.4 is 4.74 Å². The molecule has 1 saturated heterocycles. The van der Waals surface area contributed by atoms with E-state index in [1.807, 2.05) is 60.4 Å². The van der Waals surface area contributed by atoms with E-state index >= 15 is 0 Å². The van der Waals surface area contributed by atoms with Gasteiger partial charge in [-0.1, -0.05) is 36.4 Å². The van der Waals surface area contributed by atoms with Crippen molar-refractivity contribution in [1.82, 2.24) is 4.90 Å². The standard InChI is InChI=1S/C19H21NO3/c1-14-13-20(10-11-23-14)19(21)17-12-16(8-9-18(17)22-2)15-6-4-3-5-7-15/h3-9,12,14H,10-11,13H2,1-2H3. The van der Waals surface area contributed by atoms with E-state index in [9.17, 15) is 4.79 Å². The molecule has 120 valence electrons. The average Bonchev–Trinajstić information content (AvgIpc) is 2.61. The molecule has 4 heteroatoms. The molecule has 0 bridgehead atoms. The maximum absolute atomic E-state index is 12.9. The molecule has 1 heterocycles. The van der Waals surface area contributed by atoms with Gasteiger partial charge in [0.25, 0.3) is 5.91 Å². The van der Waals surface area contributed by atoms with Gasteiger partial charge in [0.05, 0.1) is 25.4 Å². The molecule has 4 nitrogen and oxygen atoms in total. The first kappa shape index (κ1) is 15.6. The molecular weight excluding hydrogens is 290 g/mol. The zero-order valence-electron chi connectivity index (χ0n) is 13.5. The van der Waals surface area contributed by atoms with Crippen molar-refractivity contribution in [3.63, 3.8) is 0 Å². The Morgan fingerprint density at radius 3 is 2.65 bits per heavy atom. The Morgan fingerprint density at radius 1 is 1.17 bits per heavy atom. The minimum atomic E-state index is -0.00483. The summed E-state index contributed by atoms with van der Waals surface area (Å²) < 4.78 is 10.9. The molecular formula is C19H21NO3. The fraction of sp³-hybridized carbons (Fsp3) is 0.316. The van der Waals surface area contributed by atoms with Gasteiger partial charge >= 0.3 is 0 Å². The van der Waals surface area contributed by atoms with Gasteiger partial charge in [-0.15, -0.1) is 0 Å². The number of benzene rings is 2. The third-order valence-corrected chi connectivity index (χ3v) is 4.07. The van der Waals surface area contributed by atoms with Crippen LogP contribution >= 0.6 is 0 Å². The topological polar surface area (TPSA) is 38.8 Å². The van der Waals surface area contributed by atoms with Crippen molar-refractivity contribution in [1.29, 1.82) is 0 Å². The molecule has 2 aromatic carbocycles. The Labute approximate surface area is 136 Å². The molecule has 1 fully saturated rings. The van der Waals surface area contributed by atoms with E-state index in [1.165, 1.54) is 0 Å². The lowest BCUT2D eigenvalue weighted by Crippen LogP contribution is -2.44. The molecule has 0 saturated carbocycles. The van der Waals surface area contributed by atoms with Gasteiger partial charge in [0.1, 0.15) is 5.75 Å². The van der Waals surface area contributed by atoms with Gasteiger partial charge in [-0.05, 0) is 30.2 Å². The summed E-state index contributed by atoms with van der Waals surface area (Å²) in [6, 6.07) is 15.8. The summed E-state index contributed by atoms with van der Waals surface area (Å²) in [6.45, 7) is 3.78. The van der Waals surface area contributed by atoms with Crippen LogP contribution in [0.4, 0.5) is 0 Å². The van der Waals surface area contributed by atoms with Gasteiger partial charge in [-0.3, -0.25) is 4.79 Å². The fourth-order valence-electron chi connectivity index (χ4n) is 2.86. The summed E-state index contributed by atoms with van der Waals surface area (Å²) in [6.07, 6.45) is 0.0657. The molecule has 0 radical (unpaired) electrons. The maximum atomic E-state index is 12.9. The van der Waals surface area contributed by atoms with Crippen LogP contribution in [-0.2, 0) is 4.74 Å². The Morgan fingerprint density at radius 2 is 1.96 bits per heavy atom. The highest BCUT2D eigenvalue weighted by atomic mass is 16.5. The summed E-state index contributed by atoms with van der Waals surface area (Å²) in [5.41, 5.74) is 2.69. The van der Waals surface area contributed by atoms with E-state index in [0.717, 1.165) is 11.1 Å². The first-order chi connectivity index (χ1) is 11.2. The normalized spacial score (nSPS) is 17.8. The lowest BCUT2D eigenvalue weighted by Gasteiger charge is -2.31. The summed E-state index contributed by atoms with van der Waals surface area (Å²) in [4.78, 5) is 14.7. The number of amides is 1. The summed E-state index contributed by atoms with van der Waals surface area (Å²) in [5, 5.41) is 0. The number of nitrogens with zero attached hydrogens (tertiary/aromatic N) is 1. The van der Waals surface area contributed by atoms with Crippen molar-refractivity contribution in [3.05, 3.63) is 54.1 Å². The van der Waals surface area contributed by atoms with E-state index in [-0.39, 0.29) is 12.0 Å². The first-order valence-electron chi connectivity index (χ1n) is 7.83. The van der Waals surface area contributed by atoms with Gasteiger partial charge in [-0.25, -0.2) is 0 Å². The lowest BCUT2D eigenvalue weighted by atomic mass is 10.0. The molecule has 1 atom stereocenters. The van der Waals surface area contributed by atoms with Crippen LogP contribution in [0.1, 0.15) is 17.3 Å². The third-order valence-electron chi connectivity index (χ3n) is 4.07. The Bertz CT molecular complexity index is 684. The van der Waals surface area contributed by atoms with E-state index in [2.05, 4.69) is 0 Å². The fourth-order valence-corrected chi connectivity index (χ4v) is 2.86. The molecule has 1 aliphatic heterocycles. The van der Waals surface area contributed by atoms with Crippen LogP contribution in [0, 0.1) is 0 Å². The molecule has 1 aliphatic rings. The highest BCUT2D eigenvalue weighted by Crippen LogP contribution is 2.28. The highest BCUT2D eigenvalue weighted by Gasteiger charge is 2.25. The van der Waals surface area contributed by atoms with Crippen molar-refractivity contribution in [3.8, 4) is 16.9 Å². The van der Waals surface area contributed by atoms with E-state index in [4.69, 9.17) is 9.47 Å². The SMILES string of the molecule is COc1ccc(-c2ccccc2)cc1C(=O)N1CCOC(C)C1. The molecule has 1 unspecified atom stereocenters. The summed E-state index contributed by atoms with van der Waals surface area (Å²) in [5.74, 6) is 0.601. The lowest BCUT2D eigenvalue weighted by molar-refractivity contribution is -0.0125. The number of carbonyl (C=O) groups is 1. The Hall–Kier alpha value is -2.33. The Balaban J connectivity index is 1.94. The van der Waals surface area contributed by atoms with Gasteiger partial charge < -0.3 is 14.4 Å². The minimum absolute atomic E-state index is 0.00483. The molecule has 0 spiro atoms. The zero-order chi connectivity index (χ0) is 16.2. The second kappa shape index (κ2) is 6.84. The van der Waals surface area contributed by atoms with Gasteiger partial charge in [-0.2, -0.15) is 0 Å². The first-order valence-corrected chi connectivity index (χ1v) is 7.83. The molecule has 2 aromatic rings. The van der Waals surface area contributed by atoms with Crippen LogP contribution in [0.15, 0.2) is 48.5 Å². The second-order valence-corrected chi connectivity index (χ2v) is 5.71. The van der Waals surface area contributed by atoms with E-state index in [1.54, 1.807) is 7.11 Å². The van der Waals surface area contributed by atoms with Crippen LogP contribution in [-0.4, -0.2) is 43.7 Å². The number of carbonyl (C=O) groups excluding carboxylic acids is 1. The van der Waals surface area contributed by atoms with Crippen LogP contribution in [0.5, 0.6) is 5.75 Å². The second-order valence-electron chi connectivity index (χ2n) is 5.71. The summed E-state index contributed by atoms with van der Waals surface area (Å²) in [7, 11) is 1.59. The number of methoxy groups -OCH3 is 1. The predicted octanol–water partition coefficient (Wildman–Crippen LogP) is 3.22. The van der Waals surface area contributed by atoms with Crippen LogP contribution in [0.25, 0.3) is 11.1 Å². The molecule has 3 rings (SSSR count). The average molecular weight is 311 g/mol. The number of hydrogen-bond acceptors (Lipinski definition) is 3. The smallest absolute Gasteiger partial charge is 0.257 e. The molecule has 23 heavy (non-hydrogen) atoms. The number of hydrogen-bond donors (Lipinski definition) is 0. The third kappa shape index (κ3) is 3.37. The van der Waals surface area contributed by atoms with Gasteiger partial charge in [0, 0.05) is 13.1 Å². The van der Waals surface area contributed by atoms with Crippen molar-refractivity contribution in [2.45, 2.75) is 13.0 Å². The maximum Gasteiger partial charge on any atom is 0.257 e. The van der Waals surface area contributed by atoms with E-state index < -0.39 is 0 Å². The van der Waals surface area contributed by atoms with Crippen molar-refractivity contribution >= 4 is 5.91 Å². The number of morpholine rings is 1. The van der Waals surface area contributed by atoms with Gasteiger partial charge in [0.15, 0.2) is 0 Å². The minimum Gasteiger partial charge on any atom is -0.496 e. The van der Waals surface area contributed by atoms with E-state index in [0.29, 0.717) is 31.0 Å². The Kier molecular flexibility index (Phi) is 4.63. The number of rotatable bonds is 3. The van der Waals surface area contributed by atoms with Crippen molar-refractivity contribution in [2.24, 2.45) is 0 Å². The molecule has 0 aromatic heterocycles. The predicted molar refractivity (Wildman–Crippen MR) is 89.7 cm³/mol. The number of ether oxygens (including phenoxy) is 2. The summed E-state index contributed by atoms with van der Waals surface area (Å²) >= 11 is 0. The molecule has 0 aliphatic carbocycles.